The summed E-state index contributed by atoms with van der Waals surface area (Å²) in [5, 5.41) is 3.99. The number of nitrogens with zero attached hydrogens (tertiary/aromatic N) is 2. The van der Waals surface area contributed by atoms with Gasteiger partial charge in [-0.15, -0.1) is 11.8 Å². The Morgan fingerprint density at radius 3 is 2.96 bits per heavy atom. The van der Waals surface area contributed by atoms with Gasteiger partial charge in [-0.3, -0.25) is 9.59 Å². The molecule has 1 aliphatic heterocycles. The van der Waals surface area contributed by atoms with Gasteiger partial charge in [-0.25, -0.2) is 5.43 Å². The minimum Gasteiger partial charge on any atom is -0.463 e. The Hall–Kier alpha value is -2.54. The van der Waals surface area contributed by atoms with Crippen molar-refractivity contribution < 1.29 is 14.0 Å². The highest BCUT2D eigenvalue weighted by Crippen LogP contribution is 2.34. The van der Waals surface area contributed by atoms with Crippen LogP contribution < -0.4 is 10.3 Å². The van der Waals surface area contributed by atoms with E-state index >= 15 is 0 Å². The van der Waals surface area contributed by atoms with Crippen LogP contribution in [0.15, 0.2) is 57.1 Å². The van der Waals surface area contributed by atoms with E-state index in [1.54, 1.807) is 19.1 Å². The summed E-state index contributed by atoms with van der Waals surface area (Å²) in [7, 11) is 0. The Labute approximate surface area is 137 Å². The normalized spacial score (nSPS) is 14.6. The van der Waals surface area contributed by atoms with Crippen LogP contribution >= 0.6 is 11.8 Å². The number of hydrazone groups is 1. The first-order valence-electron chi connectivity index (χ1n) is 7.04. The largest absolute Gasteiger partial charge is 0.463 e. The molecule has 0 atom stereocenters. The molecule has 3 rings (SSSR count). The van der Waals surface area contributed by atoms with E-state index in [-0.39, 0.29) is 18.4 Å². The molecular weight excluding hydrogens is 314 g/mol. The molecule has 0 aliphatic carbocycles. The molecule has 2 aromatic rings. The summed E-state index contributed by atoms with van der Waals surface area (Å²) in [6.45, 7) is 1.67. The second-order valence-corrected chi connectivity index (χ2v) is 5.96. The molecule has 0 saturated heterocycles. The van der Waals surface area contributed by atoms with Crippen molar-refractivity contribution in [3.63, 3.8) is 0 Å². The number of benzene rings is 1. The third kappa shape index (κ3) is 3.45. The number of anilines is 1. The predicted molar refractivity (Wildman–Crippen MR) is 88.6 cm³/mol. The highest BCUT2D eigenvalue weighted by atomic mass is 32.2. The molecule has 0 saturated carbocycles. The molecule has 23 heavy (non-hydrogen) atoms. The lowest BCUT2D eigenvalue weighted by Gasteiger charge is -2.27. The number of rotatable bonds is 4. The SMILES string of the molecule is C/C(=N/NC(=O)CN1C(=O)CSc2ccccc21)c1ccco1. The van der Waals surface area contributed by atoms with Gasteiger partial charge in [0, 0.05) is 4.90 Å². The fourth-order valence-corrected chi connectivity index (χ4v) is 3.13. The number of nitrogens with one attached hydrogen (secondary N) is 1. The summed E-state index contributed by atoms with van der Waals surface area (Å²) < 4.78 is 5.19. The van der Waals surface area contributed by atoms with Crippen molar-refractivity contribution in [2.75, 3.05) is 17.2 Å². The molecule has 2 heterocycles. The lowest BCUT2D eigenvalue weighted by Crippen LogP contribution is -2.42. The van der Waals surface area contributed by atoms with E-state index in [0.717, 1.165) is 10.6 Å². The van der Waals surface area contributed by atoms with Gasteiger partial charge >= 0.3 is 0 Å². The van der Waals surface area contributed by atoms with Gasteiger partial charge in [-0.2, -0.15) is 5.10 Å². The summed E-state index contributed by atoms with van der Waals surface area (Å²) >= 11 is 1.48. The third-order valence-electron chi connectivity index (χ3n) is 3.34. The minimum absolute atomic E-state index is 0.0641. The number of furan rings is 1. The van der Waals surface area contributed by atoms with Crippen LogP contribution in [0.4, 0.5) is 5.69 Å². The van der Waals surface area contributed by atoms with Crippen molar-refractivity contribution in [1.82, 2.24) is 5.43 Å². The van der Waals surface area contributed by atoms with Crippen molar-refractivity contribution in [1.29, 1.82) is 0 Å². The quantitative estimate of drug-likeness (QED) is 0.690. The van der Waals surface area contributed by atoms with E-state index in [1.807, 2.05) is 24.3 Å². The van der Waals surface area contributed by atoms with Crippen molar-refractivity contribution >= 4 is 35.0 Å². The lowest BCUT2D eigenvalue weighted by molar-refractivity contribution is -0.122. The van der Waals surface area contributed by atoms with Gasteiger partial charge in [-0.1, -0.05) is 12.1 Å². The van der Waals surface area contributed by atoms with Gasteiger partial charge in [0.2, 0.25) is 5.91 Å². The number of fused-ring (bicyclic) bond motifs is 1. The number of thioether (sulfide) groups is 1. The number of hydrogen-bond donors (Lipinski definition) is 1. The topological polar surface area (TPSA) is 74.9 Å². The smallest absolute Gasteiger partial charge is 0.260 e. The van der Waals surface area contributed by atoms with Crippen LogP contribution in [0, 0.1) is 0 Å². The molecule has 1 N–H and O–H groups in total. The van der Waals surface area contributed by atoms with Crippen molar-refractivity contribution in [2.45, 2.75) is 11.8 Å². The molecule has 1 aromatic heterocycles. The molecule has 1 aliphatic rings. The van der Waals surface area contributed by atoms with E-state index in [1.165, 1.54) is 22.9 Å². The maximum atomic E-state index is 12.1. The second-order valence-electron chi connectivity index (χ2n) is 4.95. The van der Waals surface area contributed by atoms with Crippen molar-refractivity contribution in [2.24, 2.45) is 5.10 Å². The van der Waals surface area contributed by atoms with Crippen LogP contribution in [0.2, 0.25) is 0 Å². The van der Waals surface area contributed by atoms with Crippen molar-refractivity contribution in [3.8, 4) is 0 Å². The first-order chi connectivity index (χ1) is 11.1. The zero-order valence-electron chi connectivity index (χ0n) is 12.5. The summed E-state index contributed by atoms with van der Waals surface area (Å²) in [6.07, 6.45) is 1.54. The van der Waals surface area contributed by atoms with E-state index in [2.05, 4.69) is 10.5 Å². The van der Waals surface area contributed by atoms with Crippen LogP contribution in [0.5, 0.6) is 0 Å². The Morgan fingerprint density at radius 2 is 2.17 bits per heavy atom. The molecule has 0 radical (unpaired) electrons. The molecule has 0 bridgehead atoms. The number of carbonyl (C=O) groups is 2. The average molecular weight is 329 g/mol. The molecule has 6 nitrogen and oxygen atoms in total. The zero-order valence-corrected chi connectivity index (χ0v) is 13.3. The highest BCUT2D eigenvalue weighted by molar-refractivity contribution is 8.00. The first-order valence-corrected chi connectivity index (χ1v) is 8.03. The molecule has 7 heteroatoms. The van der Waals surface area contributed by atoms with E-state index in [9.17, 15) is 9.59 Å². The van der Waals surface area contributed by atoms with Crippen LogP contribution in [0.25, 0.3) is 0 Å². The fourth-order valence-electron chi connectivity index (χ4n) is 2.19. The fraction of sp³-hybridized carbons (Fsp3) is 0.188. The van der Waals surface area contributed by atoms with Crippen LogP contribution in [-0.2, 0) is 9.59 Å². The van der Waals surface area contributed by atoms with Gasteiger partial charge in [0.1, 0.15) is 18.0 Å². The molecule has 0 spiro atoms. The maximum Gasteiger partial charge on any atom is 0.260 e. The number of para-hydroxylation sites is 1. The number of amides is 2. The summed E-state index contributed by atoms with van der Waals surface area (Å²) in [5.41, 5.74) is 3.78. The second kappa shape index (κ2) is 6.70. The number of carbonyl (C=O) groups excluding carboxylic acids is 2. The minimum atomic E-state index is -0.356. The van der Waals surface area contributed by atoms with Crippen molar-refractivity contribution in [3.05, 3.63) is 48.4 Å². The number of hydrogen-bond acceptors (Lipinski definition) is 5. The van der Waals surface area contributed by atoms with E-state index in [0.29, 0.717) is 17.2 Å². The highest BCUT2D eigenvalue weighted by Gasteiger charge is 2.26. The maximum absolute atomic E-state index is 12.1. The molecular formula is C16H15N3O3S. The lowest BCUT2D eigenvalue weighted by atomic mass is 10.2. The first kappa shape index (κ1) is 15.4. The van der Waals surface area contributed by atoms with Gasteiger partial charge in [0.15, 0.2) is 0 Å². The standard InChI is InChI=1S/C16H15N3O3S/c1-11(13-6-4-8-22-13)17-18-15(20)9-19-12-5-2-3-7-14(12)23-10-16(19)21/h2-8H,9-10H2,1H3,(H,18,20)/b17-11-. The van der Waals surface area contributed by atoms with E-state index < -0.39 is 0 Å². The monoisotopic (exact) mass is 329 g/mol. The summed E-state index contributed by atoms with van der Waals surface area (Å²) in [5.74, 6) is 0.474. The van der Waals surface area contributed by atoms with Gasteiger partial charge < -0.3 is 9.32 Å². The van der Waals surface area contributed by atoms with Crippen LogP contribution in [0.1, 0.15) is 12.7 Å². The van der Waals surface area contributed by atoms with Crippen LogP contribution in [-0.4, -0.2) is 29.8 Å². The average Bonchev–Trinajstić information content (AvgIpc) is 3.10. The molecule has 2 amide bonds. The molecule has 0 unspecified atom stereocenters. The van der Waals surface area contributed by atoms with Gasteiger partial charge in [0.05, 0.1) is 17.7 Å². The van der Waals surface area contributed by atoms with Gasteiger partial charge in [0.25, 0.3) is 5.91 Å². The summed E-state index contributed by atoms with van der Waals surface area (Å²) in [6, 6.07) is 11.0. The van der Waals surface area contributed by atoms with Crippen LogP contribution in [0.3, 0.4) is 0 Å². The summed E-state index contributed by atoms with van der Waals surface area (Å²) in [4.78, 5) is 26.7. The molecule has 1 aromatic carbocycles. The Morgan fingerprint density at radius 1 is 1.35 bits per heavy atom. The van der Waals surface area contributed by atoms with E-state index in [4.69, 9.17) is 4.42 Å². The van der Waals surface area contributed by atoms with Gasteiger partial charge in [-0.05, 0) is 31.2 Å². The molecule has 0 fully saturated rings. The molecule has 118 valence electrons. The Bertz CT molecular complexity index is 756. The Balaban J connectivity index is 1.68. The predicted octanol–water partition coefficient (Wildman–Crippen LogP) is 2.26. The third-order valence-corrected chi connectivity index (χ3v) is 4.38. The zero-order chi connectivity index (χ0) is 16.2. The Kier molecular flexibility index (Phi) is 4.47.